The highest BCUT2D eigenvalue weighted by Crippen LogP contribution is 2.21. The minimum absolute atomic E-state index is 0.112. The van der Waals surface area contributed by atoms with E-state index in [1.54, 1.807) is 20.8 Å². The largest absolute Gasteiger partial charge is 0.480 e. The molecule has 0 aliphatic carbocycles. The second kappa shape index (κ2) is 5.58. The third kappa shape index (κ3) is 5.00. The predicted octanol–water partition coefficient (Wildman–Crippen LogP) is -0.807. The zero-order chi connectivity index (χ0) is 15.8. The topological polar surface area (TPSA) is 121 Å². The zero-order valence-corrected chi connectivity index (χ0v) is 13.3. The van der Waals surface area contributed by atoms with Crippen molar-refractivity contribution in [3.8, 4) is 0 Å². The van der Waals surface area contributed by atoms with Gasteiger partial charge in [0.05, 0.1) is 11.5 Å². The molecule has 1 fully saturated rings. The van der Waals surface area contributed by atoms with E-state index in [1.807, 2.05) is 0 Å². The van der Waals surface area contributed by atoms with Crippen LogP contribution in [-0.4, -0.2) is 61.8 Å². The van der Waals surface area contributed by atoms with Crippen molar-refractivity contribution in [1.82, 2.24) is 9.03 Å². The van der Waals surface area contributed by atoms with Crippen LogP contribution >= 0.6 is 0 Å². The number of sulfone groups is 1. The number of hydrogen-bond donors (Lipinski definition) is 2. The maximum absolute atomic E-state index is 12.2. The van der Waals surface area contributed by atoms with Crippen LogP contribution in [0.15, 0.2) is 0 Å². The standard InChI is InChI=1S/C10H20N2O6S2/c1-10(2,3)11-20(17,18)12(6-9(13)14)8-4-5-19(15,16)7-8/h8,11H,4-7H2,1-3H3,(H,13,14). The number of hydrogen-bond acceptors (Lipinski definition) is 5. The predicted molar refractivity (Wildman–Crippen MR) is 73.2 cm³/mol. The van der Waals surface area contributed by atoms with E-state index in [-0.39, 0.29) is 17.9 Å². The van der Waals surface area contributed by atoms with Gasteiger partial charge in [-0.1, -0.05) is 0 Å². The summed E-state index contributed by atoms with van der Waals surface area (Å²) in [5, 5.41) is 8.85. The van der Waals surface area contributed by atoms with Crippen LogP contribution in [0.3, 0.4) is 0 Å². The van der Waals surface area contributed by atoms with Gasteiger partial charge in [0, 0.05) is 11.6 Å². The third-order valence-corrected chi connectivity index (χ3v) is 6.32. The van der Waals surface area contributed by atoms with E-state index in [0.717, 1.165) is 4.31 Å². The molecule has 1 unspecified atom stereocenters. The van der Waals surface area contributed by atoms with Crippen molar-refractivity contribution >= 4 is 26.0 Å². The fraction of sp³-hybridized carbons (Fsp3) is 0.900. The number of nitrogens with one attached hydrogen (secondary N) is 1. The van der Waals surface area contributed by atoms with Crippen molar-refractivity contribution in [2.75, 3.05) is 18.1 Å². The van der Waals surface area contributed by atoms with E-state index < -0.39 is 44.1 Å². The van der Waals surface area contributed by atoms with Crippen LogP contribution in [0.2, 0.25) is 0 Å². The van der Waals surface area contributed by atoms with Gasteiger partial charge >= 0.3 is 5.97 Å². The van der Waals surface area contributed by atoms with E-state index in [0.29, 0.717) is 0 Å². The van der Waals surface area contributed by atoms with Gasteiger partial charge in [0.1, 0.15) is 6.54 Å². The van der Waals surface area contributed by atoms with Gasteiger partial charge in [-0.15, -0.1) is 0 Å². The molecular weight excluding hydrogens is 308 g/mol. The van der Waals surface area contributed by atoms with Crippen molar-refractivity contribution in [2.24, 2.45) is 0 Å². The van der Waals surface area contributed by atoms with Crippen molar-refractivity contribution in [3.63, 3.8) is 0 Å². The number of carbonyl (C=O) groups is 1. The molecule has 1 saturated heterocycles. The molecule has 2 N–H and O–H groups in total. The van der Waals surface area contributed by atoms with Crippen molar-refractivity contribution in [1.29, 1.82) is 0 Å². The summed E-state index contributed by atoms with van der Waals surface area (Å²) >= 11 is 0. The molecule has 20 heavy (non-hydrogen) atoms. The number of aliphatic carboxylic acids is 1. The highest BCUT2D eigenvalue weighted by molar-refractivity contribution is 7.91. The molecule has 0 aromatic heterocycles. The molecule has 1 atom stereocenters. The van der Waals surface area contributed by atoms with Gasteiger partial charge in [0.2, 0.25) is 0 Å². The van der Waals surface area contributed by atoms with E-state index in [2.05, 4.69) is 4.72 Å². The molecule has 0 aromatic rings. The Morgan fingerprint density at radius 2 is 1.95 bits per heavy atom. The molecule has 0 radical (unpaired) electrons. The molecular formula is C10H20N2O6S2. The fourth-order valence-corrected chi connectivity index (χ4v) is 5.56. The minimum Gasteiger partial charge on any atom is -0.480 e. The summed E-state index contributed by atoms with van der Waals surface area (Å²) in [7, 11) is -7.38. The Balaban J connectivity index is 3.04. The lowest BCUT2D eigenvalue weighted by Gasteiger charge is -2.30. The average Bonchev–Trinajstić information content (AvgIpc) is 2.50. The Hall–Kier alpha value is -0.710. The number of nitrogens with zero attached hydrogens (tertiary/aromatic N) is 1. The Labute approximate surface area is 119 Å². The molecule has 118 valence electrons. The third-order valence-electron chi connectivity index (χ3n) is 2.65. The van der Waals surface area contributed by atoms with E-state index in [4.69, 9.17) is 5.11 Å². The highest BCUT2D eigenvalue weighted by Gasteiger charge is 2.40. The summed E-state index contributed by atoms with van der Waals surface area (Å²) in [6, 6.07) is -0.837. The first-order chi connectivity index (χ1) is 8.82. The SMILES string of the molecule is CC(C)(C)NS(=O)(=O)N(CC(=O)O)C1CCS(=O)(=O)C1. The van der Waals surface area contributed by atoms with Gasteiger partial charge in [0.25, 0.3) is 10.2 Å². The monoisotopic (exact) mass is 328 g/mol. The Morgan fingerprint density at radius 1 is 1.40 bits per heavy atom. The lowest BCUT2D eigenvalue weighted by atomic mass is 10.1. The molecule has 0 amide bonds. The molecule has 0 aromatic carbocycles. The van der Waals surface area contributed by atoms with Crippen molar-refractivity contribution < 1.29 is 26.7 Å². The molecule has 0 bridgehead atoms. The van der Waals surface area contributed by atoms with Crippen LogP contribution in [0.1, 0.15) is 27.2 Å². The first-order valence-corrected chi connectivity index (χ1v) is 9.31. The summed E-state index contributed by atoms with van der Waals surface area (Å²) < 4.78 is 50.5. The number of carboxylic acids is 1. The lowest BCUT2D eigenvalue weighted by molar-refractivity contribution is -0.137. The summed E-state index contributed by atoms with van der Waals surface area (Å²) in [6.45, 7) is 4.10. The van der Waals surface area contributed by atoms with Gasteiger partial charge in [-0.05, 0) is 27.2 Å². The van der Waals surface area contributed by atoms with E-state index in [9.17, 15) is 21.6 Å². The quantitative estimate of drug-likeness (QED) is 0.681. The Bertz CT molecular complexity index is 575. The van der Waals surface area contributed by atoms with Crippen molar-refractivity contribution in [3.05, 3.63) is 0 Å². The molecule has 0 saturated carbocycles. The maximum atomic E-state index is 12.2. The smallest absolute Gasteiger partial charge is 0.318 e. The molecule has 8 nitrogen and oxygen atoms in total. The normalized spacial score (nSPS) is 23.1. The van der Waals surface area contributed by atoms with Gasteiger partial charge < -0.3 is 5.11 Å². The molecule has 0 spiro atoms. The fourth-order valence-electron chi connectivity index (χ4n) is 1.99. The van der Waals surface area contributed by atoms with Crippen LogP contribution in [0.5, 0.6) is 0 Å². The summed E-state index contributed by atoms with van der Waals surface area (Å²) in [4.78, 5) is 10.9. The van der Waals surface area contributed by atoms with Crippen LogP contribution in [-0.2, 0) is 24.8 Å². The van der Waals surface area contributed by atoms with Crippen LogP contribution in [0.4, 0.5) is 0 Å². The first kappa shape index (κ1) is 17.3. The van der Waals surface area contributed by atoms with Gasteiger partial charge in [-0.2, -0.15) is 17.4 Å². The number of carboxylic acid groups (broad SMARTS) is 1. The average molecular weight is 328 g/mol. The molecule has 1 rings (SSSR count). The van der Waals surface area contributed by atoms with Crippen LogP contribution in [0.25, 0.3) is 0 Å². The van der Waals surface area contributed by atoms with Gasteiger partial charge in [0.15, 0.2) is 9.84 Å². The summed E-state index contributed by atoms with van der Waals surface area (Å²) in [5.74, 6) is -1.79. The Morgan fingerprint density at radius 3 is 2.30 bits per heavy atom. The molecule has 10 heteroatoms. The zero-order valence-electron chi connectivity index (χ0n) is 11.7. The molecule has 1 heterocycles. The second-order valence-corrected chi connectivity index (χ2v) is 9.70. The molecule has 1 aliphatic rings. The van der Waals surface area contributed by atoms with Crippen LogP contribution in [0, 0.1) is 0 Å². The van der Waals surface area contributed by atoms with E-state index in [1.165, 1.54) is 0 Å². The second-order valence-electron chi connectivity index (χ2n) is 5.85. The maximum Gasteiger partial charge on any atom is 0.318 e. The minimum atomic E-state index is -4.07. The molecule has 1 aliphatic heterocycles. The first-order valence-electron chi connectivity index (χ1n) is 6.05. The number of rotatable bonds is 5. The summed E-state index contributed by atoms with van der Waals surface area (Å²) in [5.41, 5.74) is -0.785. The van der Waals surface area contributed by atoms with Crippen molar-refractivity contribution in [2.45, 2.75) is 38.8 Å². The van der Waals surface area contributed by atoms with Gasteiger partial charge in [-0.25, -0.2) is 8.42 Å². The van der Waals surface area contributed by atoms with E-state index >= 15 is 0 Å². The summed E-state index contributed by atoms with van der Waals surface area (Å²) in [6.07, 6.45) is 0.112. The van der Waals surface area contributed by atoms with Gasteiger partial charge in [-0.3, -0.25) is 4.79 Å². The lowest BCUT2D eigenvalue weighted by Crippen LogP contribution is -2.54. The Kier molecular flexibility index (Phi) is 4.84. The highest BCUT2D eigenvalue weighted by atomic mass is 32.2. The van der Waals surface area contributed by atoms with Crippen LogP contribution < -0.4 is 4.72 Å².